The van der Waals surface area contributed by atoms with E-state index in [4.69, 9.17) is 4.43 Å². The Hall–Kier alpha value is -1.88. The molecule has 120 valence electrons. The van der Waals surface area contributed by atoms with Gasteiger partial charge in [0.05, 0.1) is 6.42 Å². The van der Waals surface area contributed by atoms with Gasteiger partial charge in [0.15, 0.2) is 19.7 Å². The van der Waals surface area contributed by atoms with Crippen molar-refractivity contribution in [1.82, 2.24) is 0 Å². The highest BCUT2D eigenvalue weighted by molar-refractivity contribution is 6.74. The van der Waals surface area contributed by atoms with Gasteiger partial charge in [0, 0.05) is 12.0 Å². The van der Waals surface area contributed by atoms with Gasteiger partial charge in [-0.25, -0.2) is 0 Å². The van der Waals surface area contributed by atoms with Crippen LogP contribution in [0.3, 0.4) is 0 Å². The fourth-order valence-corrected chi connectivity index (χ4v) is 3.66. The summed E-state index contributed by atoms with van der Waals surface area (Å²) in [6.45, 7) is 10.4. The van der Waals surface area contributed by atoms with E-state index in [1.54, 1.807) is 12.2 Å². The molecule has 2 aliphatic rings. The molecule has 2 aliphatic carbocycles. The first-order valence-electron chi connectivity index (χ1n) is 7.72. The van der Waals surface area contributed by atoms with Crippen molar-refractivity contribution in [2.45, 2.75) is 57.3 Å². The molecule has 1 atom stereocenters. The third kappa shape index (κ3) is 3.55. The van der Waals surface area contributed by atoms with Crippen LogP contribution in [0.4, 0.5) is 0 Å². The van der Waals surface area contributed by atoms with Gasteiger partial charge in [-0.05, 0) is 36.4 Å². The van der Waals surface area contributed by atoms with Crippen LogP contribution in [0.25, 0.3) is 0 Å². The summed E-state index contributed by atoms with van der Waals surface area (Å²) in [6.07, 6.45) is 4.89. The summed E-state index contributed by atoms with van der Waals surface area (Å²) in [5, 5.41) is -0.0843. The summed E-state index contributed by atoms with van der Waals surface area (Å²) in [4.78, 5) is 25.2. The predicted octanol–water partition coefficient (Wildman–Crippen LogP) is 3.18. The van der Waals surface area contributed by atoms with E-state index in [9.17, 15) is 9.59 Å². The van der Waals surface area contributed by atoms with Crippen molar-refractivity contribution in [2.24, 2.45) is 0 Å². The predicted molar refractivity (Wildman–Crippen MR) is 93.0 cm³/mol. The Bertz CT molecular complexity index is 727. The maximum atomic E-state index is 13.0. The second-order valence-electron chi connectivity index (χ2n) is 7.43. The van der Waals surface area contributed by atoms with E-state index in [0.717, 1.165) is 0 Å². The average molecular weight is 326 g/mol. The molecule has 0 N–H and O–H groups in total. The molecule has 1 unspecified atom stereocenters. The lowest BCUT2D eigenvalue weighted by Gasteiger charge is -2.43. The van der Waals surface area contributed by atoms with E-state index in [2.05, 4.69) is 57.5 Å². The van der Waals surface area contributed by atoms with Crippen molar-refractivity contribution in [1.29, 1.82) is 0 Å². The molecule has 0 spiro atoms. The number of Topliss-reactive ketones (excluding diaryl/α,β-unsaturated/α-hetero) is 1. The molecule has 0 aromatic heterocycles. The SMILES string of the molecule is CC(C)(C)[Si](C)(C)OC12C#C/C=C\C#CCC(=CC(=O)C1)C2=O. The van der Waals surface area contributed by atoms with Crippen molar-refractivity contribution >= 4 is 19.9 Å². The van der Waals surface area contributed by atoms with Gasteiger partial charge < -0.3 is 4.43 Å². The molecule has 0 radical (unpaired) electrons. The van der Waals surface area contributed by atoms with Crippen molar-refractivity contribution in [3.8, 4) is 23.7 Å². The first kappa shape index (κ1) is 17.5. The van der Waals surface area contributed by atoms with Crippen LogP contribution in [-0.2, 0) is 14.0 Å². The minimum Gasteiger partial charge on any atom is -0.394 e. The molecule has 23 heavy (non-hydrogen) atoms. The lowest BCUT2D eigenvalue weighted by Crippen LogP contribution is -2.55. The molecule has 0 aromatic carbocycles. The molecular formula is C19H22O3Si. The number of hydrogen-bond acceptors (Lipinski definition) is 3. The quantitative estimate of drug-likeness (QED) is 0.578. The zero-order valence-corrected chi connectivity index (χ0v) is 15.4. The molecule has 0 fully saturated rings. The highest BCUT2D eigenvalue weighted by atomic mass is 28.4. The van der Waals surface area contributed by atoms with E-state index in [-0.39, 0.29) is 29.4 Å². The number of hydrogen-bond donors (Lipinski definition) is 0. The van der Waals surface area contributed by atoms with E-state index < -0.39 is 13.9 Å². The lowest BCUT2D eigenvalue weighted by molar-refractivity contribution is -0.133. The highest BCUT2D eigenvalue weighted by Gasteiger charge is 2.51. The number of carbonyl (C=O) groups excluding carboxylic acids is 2. The Morgan fingerprint density at radius 2 is 1.83 bits per heavy atom. The highest BCUT2D eigenvalue weighted by Crippen LogP contribution is 2.41. The molecule has 0 saturated carbocycles. The Morgan fingerprint density at radius 3 is 2.48 bits per heavy atom. The van der Waals surface area contributed by atoms with Gasteiger partial charge >= 0.3 is 0 Å². The number of rotatable bonds is 2. The second-order valence-corrected chi connectivity index (χ2v) is 12.2. The number of ketones is 2. The maximum absolute atomic E-state index is 13.0. The average Bonchev–Trinajstić information content (AvgIpc) is 2.40. The molecule has 0 saturated heterocycles. The van der Waals surface area contributed by atoms with Crippen LogP contribution in [0, 0.1) is 23.7 Å². The minimum atomic E-state index is -2.28. The second kappa shape index (κ2) is 5.96. The van der Waals surface area contributed by atoms with Gasteiger partial charge in [-0.2, -0.15) is 0 Å². The first-order chi connectivity index (χ1) is 10.6. The molecule has 0 amide bonds. The smallest absolute Gasteiger partial charge is 0.203 e. The Balaban J connectivity index is 2.56. The van der Waals surface area contributed by atoms with E-state index in [0.29, 0.717) is 5.57 Å². The topological polar surface area (TPSA) is 43.4 Å². The van der Waals surface area contributed by atoms with Gasteiger partial charge in [0.25, 0.3) is 0 Å². The normalized spacial score (nSPS) is 25.5. The first-order valence-corrected chi connectivity index (χ1v) is 10.6. The van der Waals surface area contributed by atoms with Crippen molar-refractivity contribution < 1.29 is 14.0 Å². The maximum Gasteiger partial charge on any atom is 0.203 e. The molecule has 0 heterocycles. The largest absolute Gasteiger partial charge is 0.394 e. The van der Waals surface area contributed by atoms with Gasteiger partial charge in [-0.15, -0.1) is 0 Å². The number of allylic oxidation sites excluding steroid dienone is 3. The van der Waals surface area contributed by atoms with Crippen LogP contribution in [0.1, 0.15) is 33.6 Å². The van der Waals surface area contributed by atoms with Gasteiger partial charge in [0.1, 0.15) is 0 Å². The van der Waals surface area contributed by atoms with E-state index in [1.165, 1.54) is 6.08 Å². The Labute approximate surface area is 139 Å². The standard InChI is InChI=1S/C19H22O3Si/c1-18(2,3)23(4,5)22-19-12-10-8-6-7-9-11-15(17(19)21)13-16(20)14-19/h6,8,13H,11,14H2,1-5H3/b8-6-. The van der Waals surface area contributed by atoms with E-state index >= 15 is 0 Å². The van der Waals surface area contributed by atoms with Crippen molar-refractivity contribution in [2.75, 3.05) is 0 Å². The zero-order chi connectivity index (χ0) is 17.3. The van der Waals surface area contributed by atoms with Crippen LogP contribution < -0.4 is 0 Å². The summed E-state index contributed by atoms with van der Waals surface area (Å²) in [7, 11) is -2.28. The Kier molecular flexibility index (Phi) is 4.53. The van der Waals surface area contributed by atoms with Gasteiger partial charge in [-0.1, -0.05) is 44.5 Å². The van der Waals surface area contributed by atoms with Crippen LogP contribution in [0.2, 0.25) is 18.1 Å². The summed E-state index contributed by atoms with van der Waals surface area (Å²) < 4.78 is 6.39. The monoisotopic (exact) mass is 326 g/mol. The van der Waals surface area contributed by atoms with Crippen LogP contribution in [-0.4, -0.2) is 25.5 Å². The van der Waals surface area contributed by atoms with Gasteiger partial charge in [0.2, 0.25) is 5.78 Å². The third-order valence-corrected chi connectivity index (χ3v) is 9.03. The third-order valence-electron chi connectivity index (χ3n) is 4.56. The van der Waals surface area contributed by atoms with Gasteiger partial charge in [-0.3, -0.25) is 9.59 Å². The minimum absolute atomic E-state index is 0.0177. The van der Waals surface area contributed by atoms with Crippen molar-refractivity contribution in [3.63, 3.8) is 0 Å². The van der Waals surface area contributed by atoms with Crippen LogP contribution in [0.5, 0.6) is 0 Å². The lowest BCUT2D eigenvalue weighted by atomic mass is 9.82. The molecule has 3 nitrogen and oxygen atoms in total. The zero-order valence-electron chi connectivity index (χ0n) is 14.4. The number of fused-ring (bicyclic) bond motifs is 2. The van der Waals surface area contributed by atoms with Crippen LogP contribution in [0.15, 0.2) is 23.8 Å². The summed E-state index contributed by atoms with van der Waals surface area (Å²) in [6, 6.07) is 0. The fraction of sp³-hybridized carbons (Fsp3) is 0.474. The molecular weight excluding hydrogens is 304 g/mol. The molecule has 2 rings (SSSR count). The van der Waals surface area contributed by atoms with E-state index in [1.807, 2.05) is 0 Å². The molecule has 0 aromatic rings. The van der Waals surface area contributed by atoms with Crippen molar-refractivity contribution in [3.05, 3.63) is 23.8 Å². The summed E-state index contributed by atoms with van der Waals surface area (Å²) in [5.74, 6) is 11.1. The molecule has 2 bridgehead atoms. The summed E-state index contributed by atoms with van der Waals surface area (Å²) in [5.41, 5.74) is -0.967. The summed E-state index contributed by atoms with van der Waals surface area (Å²) >= 11 is 0. The van der Waals surface area contributed by atoms with Crippen LogP contribution >= 0.6 is 0 Å². The molecule has 0 aliphatic heterocycles. The molecule has 4 heteroatoms. The fourth-order valence-electron chi connectivity index (χ4n) is 2.27. The Morgan fingerprint density at radius 1 is 1.17 bits per heavy atom. The number of carbonyl (C=O) groups is 2.